The molecule has 0 spiro atoms. The molecular formula is C12H20N4O2S. The molecule has 2 rings (SSSR count). The molecule has 0 saturated carbocycles. The number of ether oxygens (including phenoxy) is 1. The number of carbonyl (C=O) groups excluding carboxylic acids is 1. The number of piperidine rings is 1. The lowest BCUT2D eigenvalue weighted by Crippen LogP contribution is -2.36. The van der Waals surface area contributed by atoms with Crippen molar-refractivity contribution in [3.05, 3.63) is 16.1 Å². The largest absolute Gasteiger partial charge is 0.384 e. The van der Waals surface area contributed by atoms with Crippen LogP contribution in [0.15, 0.2) is 5.38 Å². The molecule has 19 heavy (non-hydrogen) atoms. The summed E-state index contributed by atoms with van der Waals surface area (Å²) >= 11 is 1.33. The number of likely N-dealkylation sites (tertiary alicyclic amines) is 1. The monoisotopic (exact) mass is 284 g/mol. The van der Waals surface area contributed by atoms with Crippen molar-refractivity contribution in [1.82, 2.24) is 15.3 Å². The van der Waals surface area contributed by atoms with Crippen molar-refractivity contribution in [2.24, 2.45) is 11.8 Å². The number of hydrazine groups is 1. The lowest BCUT2D eigenvalue weighted by molar-refractivity contribution is 0.0867. The zero-order valence-corrected chi connectivity index (χ0v) is 11.9. The number of methoxy groups -OCH3 is 1. The Morgan fingerprint density at radius 1 is 1.74 bits per heavy atom. The Morgan fingerprint density at radius 3 is 3.32 bits per heavy atom. The number of hydrogen-bond donors (Lipinski definition) is 2. The molecule has 1 saturated heterocycles. The maximum Gasteiger partial charge on any atom is 0.294 e. The van der Waals surface area contributed by atoms with E-state index in [2.05, 4.69) is 15.3 Å². The number of nitrogen functional groups attached to an aromatic ring is 1. The molecule has 1 unspecified atom stereocenters. The topological polar surface area (TPSA) is 80.5 Å². The predicted molar refractivity (Wildman–Crippen MR) is 73.6 cm³/mol. The molecule has 1 atom stereocenters. The van der Waals surface area contributed by atoms with Gasteiger partial charge in [-0.15, -0.1) is 11.3 Å². The van der Waals surface area contributed by atoms with Crippen LogP contribution in [0.1, 0.15) is 28.3 Å². The summed E-state index contributed by atoms with van der Waals surface area (Å²) in [4.78, 5) is 18.0. The second-order valence-corrected chi connectivity index (χ2v) is 5.67. The zero-order valence-electron chi connectivity index (χ0n) is 11.1. The van der Waals surface area contributed by atoms with Gasteiger partial charge in [0.1, 0.15) is 0 Å². The average molecular weight is 284 g/mol. The first-order valence-corrected chi connectivity index (χ1v) is 7.27. The number of nitrogens with two attached hydrogens (primary N) is 1. The Morgan fingerprint density at radius 2 is 2.58 bits per heavy atom. The van der Waals surface area contributed by atoms with Gasteiger partial charge in [0.25, 0.3) is 5.91 Å². The van der Waals surface area contributed by atoms with Gasteiger partial charge in [0.05, 0.1) is 12.3 Å². The molecule has 6 nitrogen and oxygen atoms in total. The fourth-order valence-corrected chi connectivity index (χ4v) is 3.15. The lowest BCUT2D eigenvalue weighted by atomic mass is 9.99. The number of aromatic nitrogens is 1. The summed E-state index contributed by atoms with van der Waals surface area (Å²) in [6.45, 7) is 3.71. The van der Waals surface area contributed by atoms with E-state index in [1.165, 1.54) is 24.2 Å². The van der Waals surface area contributed by atoms with Crippen molar-refractivity contribution < 1.29 is 9.53 Å². The second kappa shape index (κ2) is 6.95. The SMILES string of the molecule is COCC1CCCN(Cc2csc(C(=O)NN)n2)C1. The molecule has 0 aromatic carbocycles. The van der Waals surface area contributed by atoms with E-state index in [0.29, 0.717) is 10.9 Å². The molecule has 2 heterocycles. The maximum absolute atomic E-state index is 11.3. The third-order valence-corrected chi connectivity index (χ3v) is 4.16. The van der Waals surface area contributed by atoms with Crippen molar-refractivity contribution in [3.63, 3.8) is 0 Å². The van der Waals surface area contributed by atoms with Crippen molar-refractivity contribution >= 4 is 17.2 Å². The molecule has 106 valence electrons. The zero-order chi connectivity index (χ0) is 13.7. The third-order valence-electron chi connectivity index (χ3n) is 3.27. The molecular weight excluding hydrogens is 264 g/mol. The van der Waals surface area contributed by atoms with Crippen LogP contribution in [0, 0.1) is 5.92 Å². The number of hydrogen-bond acceptors (Lipinski definition) is 6. The third kappa shape index (κ3) is 3.97. The van der Waals surface area contributed by atoms with Crippen LogP contribution in [-0.2, 0) is 11.3 Å². The van der Waals surface area contributed by atoms with Crippen LogP contribution >= 0.6 is 11.3 Å². The minimum absolute atomic E-state index is 0.327. The van der Waals surface area contributed by atoms with Crippen molar-refractivity contribution in [2.75, 3.05) is 26.8 Å². The fourth-order valence-electron chi connectivity index (χ4n) is 2.44. The van der Waals surface area contributed by atoms with Crippen LogP contribution in [0.2, 0.25) is 0 Å². The molecule has 1 aromatic rings. The maximum atomic E-state index is 11.3. The number of nitrogens with zero attached hydrogens (tertiary/aromatic N) is 2. The van der Waals surface area contributed by atoms with E-state index in [9.17, 15) is 4.79 Å². The minimum Gasteiger partial charge on any atom is -0.384 e. The van der Waals surface area contributed by atoms with Gasteiger partial charge >= 0.3 is 0 Å². The summed E-state index contributed by atoms with van der Waals surface area (Å²) in [5, 5.41) is 2.34. The van der Waals surface area contributed by atoms with Crippen molar-refractivity contribution in [1.29, 1.82) is 0 Å². The van der Waals surface area contributed by atoms with Gasteiger partial charge in [-0.25, -0.2) is 10.8 Å². The smallest absolute Gasteiger partial charge is 0.294 e. The number of amides is 1. The van der Waals surface area contributed by atoms with Gasteiger partial charge in [0.2, 0.25) is 0 Å². The quantitative estimate of drug-likeness (QED) is 0.470. The fraction of sp³-hybridized carbons (Fsp3) is 0.667. The highest BCUT2D eigenvalue weighted by atomic mass is 32.1. The molecule has 1 fully saturated rings. The van der Waals surface area contributed by atoms with E-state index < -0.39 is 0 Å². The molecule has 0 radical (unpaired) electrons. The van der Waals surface area contributed by atoms with Crippen LogP contribution in [-0.4, -0.2) is 42.6 Å². The predicted octanol–water partition coefficient (Wildman–Crippen LogP) is 0.605. The van der Waals surface area contributed by atoms with Gasteiger partial charge in [-0.3, -0.25) is 15.1 Å². The van der Waals surface area contributed by atoms with E-state index in [4.69, 9.17) is 10.6 Å². The Balaban J connectivity index is 1.89. The van der Waals surface area contributed by atoms with E-state index in [1.807, 2.05) is 5.38 Å². The summed E-state index contributed by atoms with van der Waals surface area (Å²) in [5.74, 6) is 5.37. The second-order valence-electron chi connectivity index (χ2n) is 4.82. The Bertz CT molecular complexity index is 422. The summed E-state index contributed by atoms with van der Waals surface area (Å²) in [6, 6.07) is 0. The van der Waals surface area contributed by atoms with Gasteiger partial charge in [-0.1, -0.05) is 0 Å². The average Bonchev–Trinajstić information content (AvgIpc) is 2.87. The van der Waals surface area contributed by atoms with Crippen LogP contribution in [0.5, 0.6) is 0 Å². The molecule has 0 bridgehead atoms. The molecule has 1 aromatic heterocycles. The Labute approximate surface area is 116 Å². The summed E-state index contributed by atoms with van der Waals surface area (Å²) < 4.78 is 5.22. The standard InChI is InChI=1S/C12H20N4O2S/c1-18-7-9-3-2-4-16(5-9)6-10-8-19-12(14-10)11(17)15-13/h8-9H,2-7,13H2,1H3,(H,15,17). The van der Waals surface area contributed by atoms with E-state index in [-0.39, 0.29) is 5.91 Å². The van der Waals surface area contributed by atoms with Gasteiger partial charge < -0.3 is 4.74 Å². The van der Waals surface area contributed by atoms with E-state index in [1.54, 1.807) is 7.11 Å². The molecule has 0 aliphatic carbocycles. The summed E-state index contributed by atoms with van der Waals surface area (Å²) in [7, 11) is 1.75. The summed E-state index contributed by atoms with van der Waals surface area (Å²) in [5.41, 5.74) is 3.03. The Hall–Kier alpha value is -1.02. The molecule has 1 amide bonds. The highest BCUT2D eigenvalue weighted by molar-refractivity contribution is 7.11. The number of carbonyl (C=O) groups is 1. The first-order valence-electron chi connectivity index (χ1n) is 6.39. The van der Waals surface area contributed by atoms with Crippen LogP contribution in [0.3, 0.4) is 0 Å². The number of nitrogens with one attached hydrogen (secondary N) is 1. The highest BCUT2D eigenvalue weighted by Crippen LogP contribution is 2.19. The van der Waals surface area contributed by atoms with Crippen LogP contribution in [0.25, 0.3) is 0 Å². The normalized spacial score (nSPS) is 20.4. The molecule has 3 N–H and O–H groups in total. The molecule has 1 aliphatic heterocycles. The van der Waals surface area contributed by atoms with E-state index >= 15 is 0 Å². The van der Waals surface area contributed by atoms with Crippen molar-refractivity contribution in [3.8, 4) is 0 Å². The van der Waals surface area contributed by atoms with Gasteiger partial charge in [0.15, 0.2) is 5.01 Å². The van der Waals surface area contributed by atoms with Crippen molar-refractivity contribution in [2.45, 2.75) is 19.4 Å². The molecule has 7 heteroatoms. The van der Waals surface area contributed by atoms with Crippen LogP contribution in [0.4, 0.5) is 0 Å². The lowest BCUT2D eigenvalue weighted by Gasteiger charge is -2.31. The van der Waals surface area contributed by atoms with Crippen LogP contribution < -0.4 is 11.3 Å². The first-order chi connectivity index (χ1) is 9.22. The van der Waals surface area contributed by atoms with Gasteiger partial charge in [-0.05, 0) is 25.3 Å². The van der Waals surface area contributed by atoms with E-state index in [0.717, 1.165) is 31.9 Å². The number of rotatable bonds is 5. The van der Waals surface area contributed by atoms with Gasteiger partial charge in [0, 0.05) is 25.6 Å². The summed E-state index contributed by atoms with van der Waals surface area (Å²) in [6.07, 6.45) is 2.41. The first kappa shape index (κ1) is 14.4. The van der Waals surface area contributed by atoms with Gasteiger partial charge in [-0.2, -0.15) is 0 Å². The highest BCUT2D eigenvalue weighted by Gasteiger charge is 2.21. The minimum atomic E-state index is -0.327. The Kier molecular flexibility index (Phi) is 5.26. The molecule has 1 aliphatic rings. The number of thiazole rings is 1.